The van der Waals surface area contributed by atoms with Crippen LogP contribution < -0.4 is 10.6 Å². The Bertz CT molecular complexity index is 484. The lowest BCUT2D eigenvalue weighted by atomic mass is 10.1. The predicted molar refractivity (Wildman–Crippen MR) is 78.8 cm³/mol. The third-order valence-corrected chi connectivity index (χ3v) is 3.76. The van der Waals surface area contributed by atoms with E-state index < -0.39 is 0 Å². The van der Waals surface area contributed by atoms with Gasteiger partial charge in [-0.1, -0.05) is 13.8 Å². The summed E-state index contributed by atoms with van der Waals surface area (Å²) in [4.78, 5) is 25.4. The van der Waals surface area contributed by atoms with Gasteiger partial charge >= 0.3 is 0 Å². The minimum atomic E-state index is -0.220. The zero-order valence-corrected chi connectivity index (χ0v) is 12.6. The van der Waals surface area contributed by atoms with E-state index in [9.17, 15) is 9.59 Å². The van der Waals surface area contributed by atoms with Crippen molar-refractivity contribution in [1.29, 1.82) is 0 Å². The van der Waals surface area contributed by atoms with Crippen molar-refractivity contribution in [3.05, 3.63) is 23.7 Å². The molecule has 1 fully saturated rings. The fourth-order valence-corrected chi connectivity index (χ4v) is 2.37. The van der Waals surface area contributed by atoms with Crippen LogP contribution in [-0.2, 0) is 11.3 Å². The molecule has 1 atom stereocenters. The molecule has 2 N–H and O–H groups in total. The van der Waals surface area contributed by atoms with Crippen molar-refractivity contribution in [2.24, 2.45) is 0 Å². The molecule has 2 rings (SSSR count). The van der Waals surface area contributed by atoms with Gasteiger partial charge in [0.25, 0.3) is 5.91 Å². The Kier molecular flexibility index (Phi) is 5.38. The van der Waals surface area contributed by atoms with Crippen LogP contribution in [0.4, 0.5) is 0 Å². The number of piperidine rings is 1. The molecule has 0 aliphatic carbocycles. The Labute approximate surface area is 124 Å². The number of amides is 2. The molecule has 0 saturated carbocycles. The molecule has 1 unspecified atom stereocenters. The SMILES string of the molecule is CCN(CC)Cc1ccc(C(=O)NC2CCC(=O)NC2)o1. The van der Waals surface area contributed by atoms with E-state index in [0.29, 0.717) is 31.7 Å². The van der Waals surface area contributed by atoms with E-state index in [2.05, 4.69) is 29.4 Å². The molecule has 21 heavy (non-hydrogen) atoms. The number of hydrogen-bond acceptors (Lipinski definition) is 4. The minimum absolute atomic E-state index is 0.0217. The normalized spacial score (nSPS) is 18.6. The van der Waals surface area contributed by atoms with Gasteiger partial charge in [0.1, 0.15) is 5.76 Å². The summed E-state index contributed by atoms with van der Waals surface area (Å²) >= 11 is 0. The van der Waals surface area contributed by atoms with Crippen LogP contribution in [0, 0.1) is 0 Å². The summed E-state index contributed by atoms with van der Waals surface area (Å²) in [5.74, 6) is 0.941. The minimum Gasteiger partial charge on any atom is -0.455 e. The molecule has 1 aliphatic heterocycles. The van der Waals surface area contributed by atoms with Crippen LogP contribution in [-0.4, -0.2) is 42.4 Å². The maximum Gasteiger partial charge on any atom is 0.287 e. The van der Waals surface area contributed by atoms with Gasteiger partial charge in [0.05, 0.1) is 6.54 Å². The Balaban J connectivity index is 1.88. The number of hydrogen-bond donors (Lipinski definition) is 2. The van der Waals surface area contributed by atoms with Gasteiger partial charge in [-0.05, 0) is 31.6 Å². The molecular formula is C15H23N3O3. The maximum atomic E-state index is 12.1. The van der Waals surface area contributed by atoms with Gasteiger partial charge in [-0.2, -0.15) is 0 Å². The summed E-state index contributed by atoms with van der Waals surface area (Å²) in [6.07, 6.45) is 1.13. The summed E-state index contributed by atoms with van der Waals surface area (Å²) in [6.45, 7) is 7.27. The van der Waals surface area contributed by atoms with Crippen molar-refractivity contribution in [2.75, 3.05) is 19.6 Å². The molecule has 6 nitrogen and oxygen atoms in total. The highest BCUT2D eigenvalue weighted by Crippen LogP contribution is 2.12. The lowest BCUT2D eigenvalue weighted by Gasteiger charge is -2.22. The molecular weight excluding hydrogens is 270 g/mol. The van der Waals surface area contributed by atoms with E-state index in [1.807, 2.05) is 6.07 Å². The van der Waals surface area contributed by atoms with E-state index in [1.54, 1.807) is 6.07 Å². The molecule has 0 bridgehead atoms. The van der Waals surface area contributed by atoms with Gasteiger partial charge in [-0.25, -0.2) is 0 Å². The summed E-state index contributed by atoms with van der Waals surface area (Å²) in [5, 5.41) is 5.63. The average molecular weight is 293 g/mol. The van der Waals surface area contributed by atoms with Crippen molar-refractivity contribution in [3.63, 3.8) is 0 Å². The summed E-state index contributed by atoms with van der Waals surface area (Å²) in [5.41, 5.74) is 0. The first kappa shape index (κ1) is 15.6. The number of furan rings is 1. The van der Waals surface area contributed by atoms with Gasteiger partial charge in [0.15, 0.2) is 5.76 Å². The number of carbonyl (C=O) groups excluding carboxylic acids is 2. The topological polar surface area (TPSA) is 74.6 Å². The molecule has 0 radical (unpaired) electrons. The molecule has 1 saturated heterocycles. The van der Waals surface area contributed by atoms with E-state index in [1.165, 1.54) is 0 Å². The zero-order chi connectivity index (χ0) is 15.2. The first-order valence-electron chi connectivity index (χ1n) is 7.51. The maximum absolute atomic E-state index is 12.1. The van der Waals surface area contributed by atoms with Gasteiger partial charge in [-0.15, -0.1) is 0 Å². The third-order valence-electron chi connectivity index (χ3n) is 3.76. The van der Waals surface area contributed by atoms with Gasteiger partial charge < -0.3 is 15.1 Å². The second-order valence-electron chi connectivity index (χ2n) is 5.24. The smallest absolute Gasteiger partial charge is 0.287 e. The van der Waals surface area contributed by atoms with Crippen LogP contribution in [0.15, 0.2) is 16.5 Å². The highest BCUT2D eigenvalue weighted by Gasteiger charge is 2.21. The Morgan fingerprint density at radius 2 is 2.19 bits per heavy atom. The largest absolute Gasteiger partial charge is 0.455 e. The van der Waals surface area contributed by atoms with Crippen molar-refractivity contribution < 1.29 is 14.0 Å². The lowest BCUT2D eigenvalue weighted by Crippen LogP contribution is -2.47. The van der Waals surface area contributed by atoms with Crippen LogP contribution in [0.1, 0.15) is 43.0 Å². The molecule has 0 aromatic carbocycles. The molecule has 2 amide bonds. The fourth-order valence-electron chi connectivity index (χ4n) is 2.37. The highest BCUT2D eigenvalue weighted by molar-refractivity contribution is 5.91. The number of nitrogens with zero attached hydrogens (tertiary/aromatic N) is 1. The fraction of sp³-hybridized carbons (Fsp3) is 0.600. The van der Waals surface area contributed by atoms with E-state index >= 15 is 0 Å². The first-order valence-corrected chi connectivity index (χ1v) is 7.51. The number of rotatable bonds is 6. The van der Waals surface area contributed by atoms with Gasteiger partial charge in [0.2, 0.25) is 5.91 Å². The molecule has 0 spiro atoms. The zero-order valence-electron chi connectivity index (χ0n) is 12.6. The highest BCUT2D eigenvalue weighted by atomic mass is 16.4. The lowest BCUT2D eigenvalue weighted by molar-refractivity contribution is -0.122. The molecule has 1 aliphatic rings. The molecule has 1 aromatic rings. The second-order valence-corrected chi connectivity index (χ2v) is 5.24. The standard InChI is InChI=1S/C15H23N3O3/c1-3-18(4-2)10-12-6-7-13(21-12)15(20)17-11-5-8-14(19)16-9-11/h6-7,11H,3-5,8-10H2,1-2H3,(H,16,19)(H,17,20). The number of nitrogens with one attached hydrogen (secondary N) is 2. The first-order chi connectivity index (χ1) is 10.1. The second kappa shape index (κ2) is 7.26. The third kappa shape index (κ3) is 4.32. The molecule has 1 aromatic heterocycles. The molecule has 2 heterocycles. The Morgan fingerprint density at radius 1 is 1.43 bits per heavy atom. The van der Waals surface area contributed by atoms with Gasteiger partial charge in [-0.3, -0.25) is 14.5 Å². The molecule has 116 valence electrons. The van der Waals surface area contributed by atoms with E-state index in [0.717, 1.165) is 18.8 Å². The Morgan fingerprint density at radius 3 is 2.81 bits per heavy atom. The van der Waals surface area contributed by atoms with Crippen molar-refractivity contribution >= 4 is 11.8 Å². The predicted octanol–water partition coefficient (Wildman–Crippen LogP) is 1.13. The summed E-state index contributed by atoms with van der Waals surface area (Å²) in [7, 11) is 0. The van der Waals surface area contributed by atoms with E-state index in [4.69, 9.17) is 4.42 Å². The van der Waals surface area contributed by atoms with Crippen LogP contribution in [0.3, 0.4) is 0 Å². The quantitative estimate of drug-likeness (QED) is 0.824. The molecule has 6 heteroatoms. The van der Waals surface area contributed by atoms with Gasteiger partial charge in [0, 0.05) is 19.0 Å². The summed E-state index contributed by atoms with van der Waals surface area (Å²) < 4.78 is 5.60. The van der Waals surface area contributed by atoms with Crippen LogP contribution >= 0.6 is 0 Å². The van der Waals surface area contributed by atoms with Crippen molar-refractivity contribution in [2.45, 2.75) is 39.3 Å². The Hall–Kier alpha value is -1.82. The van der Waals surface area contributed by atoms with Crippen LogP contribution in [0.2, 0.25) is 0 Å². The van der Waals surface area contributed by atoms with Crippen molar-refractivity contribution in [1.82, 2.24) is 15.5 Å². The van der Waals surface area contributed by atoms with Crippen molar-refractivity contribution in [3.8, 4) is 0 Å². The van der Waals surface area contributed by atoms with E-state index in [-0.39, 0.29) is 17.9 Å². The number of carbonyl (C=O) groups is 2. The van der Waals surface area contributed by atoms with Crippen LogP contribution in [0.5, 0.6) is 0 Å². The van der Waals surface area contributed by atoms with Crippen LogP contribution in [0.25, 0.3) is 0 Å². The monoisotopic (exact) mass is 293 g/mol. The average Bonchev–Trinajstić information content (AvgIpc) is 2.96. The summed E-state index contributed by atoms with van der Waals surface area (Å²) in [6, 6.07) is 3.53.